The predicted octanol–water partition coefficient (Wildman–Crippen LogP) is 3.62. The van der Waals surface area contributed by atoms with Gasteiger partial charge >= 0.3 is 12.1 Å². The number of carboxylic acids is 1. The third-order valence-electron chi connectivity index (χ3n) is 3.99. The Morgan fingerprint density at radius 2 is 2.12 bits per heavy atom. The second-order valence-corrected chi connectivity index (χ2v) is 6.89. The van der Waals surface area contributed by atoms with E-state index in [9.17, 15) is 9.59 Å². The van der Waals surface area contributed by atoms with E-state index >= 15 is 0 Å². The van der Waals surface area contributed by atoms with E-state index in [1.54, 1.807) is 11.8 Å². The fourth-order valence-corrected chi connectivity index (χ4v) is 3.86. The Morgan fingerprint density at radius 3 is 2.79 bits per heavy atom. The average molecular weight is 346 g/mol. The van der Waals surface area contributed by atoms with Crippen molar-refractivity contribution in [3.8, 4) is 0 Å². The van der Waals surface area contributed by atoms with Crippen molar-refractivity contribution < 1.29 is 19.4 Å². The van der Waals surface area contributed by atoms with Gasteiger partial charge in [-0.2, -0.15) is 0 Å². The number of carbonyl (C=O) groups excluding carboxylic acids is 1. The quantitative estimate of drug-likeness (QED) is 0.914. The number of hydrogen-bond acceptors (Lipinski definition) is 5. The maximum atomic E-state index is 12.4. The molecular weight excluding hydrogens is 328 g/mol. The van der Waals surface area contributed by atoms with Gasteiger partial charge in [-0.1, -0.05) is 30.3 Å². The molecule has 1 amide bonds. The van der Waals surface area contributed by atoms with Crippen molar-refractivity contribution >= 4 is 23.4 Å². The van der Waals surface area contributed by atoms with Gasteiger partial charge in [0.25, 0.3) is 0 Å². The summed E-state index contributed by atoms with van der Waals surface area (Å²) < 4.78 is 5.40. The maximum absolute atomic E-state index is 12.4. The molecule has 1 fully saturated rings. The van der Waals surface area contributed by atoms with Gasteiger partial charge in [0.15, 0.2) is 5.69 Å². The molecule has 1 N–H and O–H groups in total. The van der Waals surface area contributed by atoms with Gasteiger partial charge in [-0.25, -0.2) is 14.6 Å². The summed E-state index contributed by atoms with van der Waals surface area (Å²) in [5.74, 6) is -1.04. The maximum Gasteiger partial charge on any atom is 0.410 e. The molecule has 1 saturated heterocycles. The number of benzene rings is 1. The minimum absolute atomic E-state index is 0.0690. The van der Waals surface area contributed by atoms with Crippen molar-refractivity contribution in [3.63, 3.8) is 0 Å². The largest absolute Gasteiger partial charge is 0.476 e. The molecule has 2 aromatic rings. The van der Waals surface area contributed by atoms with Crippen LogP contribution in [0, 0.1) is 6.92 Å². The summed E-state index contributed by atoms with van der Waals surface area (Å²) in [5, 5.41) is 9.81. The highest BCUT2D eigenvalue weighted by atomic mass is 32.1. The van der Waals surface area contributed by atoms with E-state index in [1.165, 1.54) is 11.3 Å². The first kappa shape index (κ1) is 16.4. The van der Waals surface area contributed by atoms with E-state index in [0.717, 1.165) is 18.4 Å². The van der Waals surface area contributed by atoms with Gasteiger partial charge in [0.05, 0.1) is 6.04 Å². The van der Waals surface area contributed by atoms with Gasteiger partial charge in [-0.05, 0) is 25.3 Å². The predicted molar refractivity (Wildman–Crippen MR) is 89.1 cm³/mol. The van der Waals surface area contributed by atoms with Crippen molar-refractivity contribution in [2.75, 3.05) is 6.54 Å². The Kier molecular flexibility index (Phi) is 4.80. The van der Waals surface area contributed by atoms with Gasteiger partial charge < -0.3 is 9.84 Å². The monoisotopic (exact) mass is 346 g/mol. The third kappa shape index (κ3) is 3.41. The number of carbonyl (C=O) groups is 2. The van der Waals surface area contributed by atoms with Crippen LogP contribution in [-0.4, -0.2) is 33.6 Å². The topological polar surface area (TPSA) is 79.7 Å². The number of carboxylic acid groups (broad SMARTS) is 1. The lowest BCUT2D eigenvalue weighted by Gasteiger charge is -2.22. The molecular formula is C17H18N2O4S. The second-order valence-electron chi connectivity index (χ2n) is 5.65. The summed E-state index contributed by atoms with van der Waals surface area (Å²) in [6, 6.07) is 9.30. The number of aromatic carboxylic acids is 1. The molecule has 1 atom stereocenters. The number of hydrogen-bond donors (Lipinski definition) is 1. The van der Waals surface area contributed by atoms with E-state index in [0.29, 0.717) is 16.4 Å². The van der Waals surface area contributed by atoms with E-state index < -0.39 is 5.97 Å². The molecule has 0 aliphatic carbocycles. The van der Waals surface area contributed by atoms with Crippen molar-refractivity contribution in [1.29, 1.82) is 0 Å². The molecule has 0 bridgehead atoms. The van der Waals surface area contributed by atoms with Crippen molar-refractivity contribution in [1.82, 2.24) is 9.88 Å². The lowest BCUT2D eigenvalue weighted by atomic mass is 10.2. The third-order valence-corrected chi connectivity index (χ3v) is 5.07. The van der Waals surface area contributed by atoms with E-state index in [1.807, 2.05) is 30.3 Å². The number of amides is 1. The highest BCUT2D eigenvalue weighted by Crippen LogP contribution is 2.35. The summed E-state index contributed by atoms with van der Waals surface area (Å²) in [7, 11) is 0. The Bertz CT molecular complexity index is 744. The minimum atomic E-state index is -1.04. The Morgan fingerprint density at radius 1 is 1.38 bits per heavy atom. The summed E-state index contributed by atoms with van der Waals surface area (Å²) >= 11 is 1.33. The lowest BCUT2D eigenvalue weighted by molar-refractivity contribution is 0.0690. The van der Waals surface area contributed by atoms with Crippen LogP contribution < -0.4 is 0 Å². The zero-order chi connectivity index (χ0) is 17.1. The molecule has 3 rings (SSSR count). The fourth-order valence-electron chi connectivity index (χ4n) is 2.80. The first-order chi connectivity index (χ1) is 11.6. The smallest absolute Gasteiger partial charge is 0.410 e. The SMILES string of the molecule is Cc1sc(C2CCCN2C(=O)OCc2ccccc2)nc1C(=O)O. The van der Waals surface area contributed by atoms with Gasteiger partial charge in [-0.3, -0.25) is 4.90 Å². The zero-order valence-electron chi connectivity index (χ0n) is 13.3. The first-order valence-electron chi connectivity index (χ1n) is 7.74. The van der Waals surface area contributed by atoms with Gasteiger partial charge in [0, 0.05) is 11.4 Å². The molecule has 1 aromatic heterocycles. The van der Waals surface area contributed by atoms with Crippen LogP contribution in [0.1, 0.15) is 44.8 Å². The molecule has 6 nitrogen and oxygen atoms in total. The molecule has 0 spiro atoms. The van der Waals surface area contributed by atoms with Crippen LogP contribution in [0.15, 0.2) is 30.3 Å². The molecule has 24 heavy (non-hydrogen) atoms. The Balaban J connectivity index is 1.69. The number of ether oxygens (including phenoxy) is 1. The van der Waals surface area contributed by atoms with Crippen LogP contribution in [0.25, 0.3) is 0 Å². The molecule has 1 aliphatic heterocycles. The number of likely N-dealkylation sites (tertiary alicyclic amines) is 1. The zero-order valence-corrected chi connectivity index (χ0v) is 14.1. The molecule has 0 saturated carbocycles. The highest BCUT2D eigenvalue weighted by molar-refractivity contribution is 7.12. The van der Waals surface area contributed by atoms with Crippen LogP contribution >= 0.6 is 11.3 Å². The van der Waals surface area contributed by atoms with Crippen molar-refractivity contribution in [2.45, 2.75) is 32.4 Å². The highest BCUT2D eigenvalue weighted by Gasteiger charge is 2.34. The molecule has 0 radical (unpaired) electrons. The van der Waals surface area contributed by atoms with Crippen LogP contribution in [-0.2, 0) is 11.3 Å². The summed E-state index contributed by atoms with van der Waals surface area (Å²) in [6.45, 7) is 2.55. The lowest BCUT2D eigenvalue weighted by Crippen LogP contribution is -2.31. The van der Waals surface area contributed by atoms with Gasteiger partial charge in [-0.15, -0.1) is 11.3 Å². The van der Waals surface area contributed by atoms with Crippen LogP contribution in [0.3, 0.4) is 0 Å². The van der Waals surface area contributed by atoms with E-state index in [-0.39, 0.29) is 24.4 Å². The van der Waals surface area contributed by atoms with E-state index in [2.05, 4.69) is 4.98 Å². The first-order valence-corrected chi connectivity index (χ1v) is 8.56. The molecule has 2 heterocycles. The molecule has 126 valence electrons. The van der Waals surface area contributed by atoms with Crippen molar-refractivity contribution in [3.05, 3.63) is 51.5 Å². The molecule has 1 aliphatic rings. The van der Waals surface area contributed by atoms with Gasteiger partial charge in [0.2, 0.25) is 0 Å². The Labute approximate surface area is 143 Å². The summed E-state index contributed by atoms with van der Waals surface area (Å²) in [6.07, 6.45) is 1.24. The number of aromatic nitrogens is 1. The fraction of sp³-hybridized carbons (Fsp3) is 0.353. The summed E-state index contributed by atoms with van der Waals surface area (Å²) in [5.41, 5.74) is 0.999. The van der Waals surface area contributed by atoms with Crippen LogP contribution in [0.2, 0.25) is 0 Å². The minimum Gasteiger partial charge on any atom is -0.476 e. The molecule has 1 aromatic carbocycles. The summed E-state index contributed by atoms with van der Waals surface area (Å²) in [4.78, 5) is 30.1. The van der Waals surface area contributed by atoms with Gasteiger partial charge in [0.1, 0.15) is 11.6 Å². The van der Waals surface area contributed by atoms with E-state index in [4.69, 9.17) is 9.84 Å². The number of nitrogens with zero attached hydrogens (tertiary/aromatic N) is 2. The second kappa shape index (κ2) is 7.00. The molecule has 7 heteroatoms. The number of aryl methyl sites for hydroxylation is 1. The normalized spacial score (nSPS) is 17.0. The molecule has 1 unspecified atom stereocenters. The van der Waals surface area contributed by atoms with Crippen LogP contribution in [0.5, 0.6) is 0 Å². The number of rotatable bonds is 4. The average Bonchev–Trinajstić information content (AvgIpc) is 3.20. The standard InChI is InChI=1S/C17H18N2O4S/c1-11-14(16(20)21)18-15(24-11)13-8-5-9-19(13)17(22)23-10-12-6-3-2-4-7-12/h2-4,6-7,13H,5,8-10H2,1H3,(H,20,21). The Hall–Kier alpha value is -2.41. The van der Waals surface area contributed by atoms with Crippen molar-refractivity contribution in [2.24, 2.45) is 0 Å². The number of thiazole rings is 1. The van der Waals surface area contributed by atoms with Crippen LogP contribution in [0.4, 0.5) is 4.79 Å².